The summed E-state index contributed by atoms with van der Waals surface area (Å²) in [6, 6.07) is 9.34. The van der Waals surface area contributed by atoms with E-state index in [0.717, 1.165) is 49.7 Å². The van der Waals surface area contributed by atoms with E-state index in [9.17, 15) is 0 Å². The molecule has 0 fully saturated rings. The summed E-state index contributed by atoms with van der Waals surface area (Å²) < 4.78 is 5.72. The van der Waals surface area contributed by atoms with Crippen molar-refractivity contribution in [1.82, 2.24) is 14.9 Å². The third-order valence-corrected chi connectivity index (χ3v) is 4.02. The van der Waals surface area contributed by atoms with E-state index in [0.29, 0.717) is 12.2 Å². The number of fused-ring (bicyclic) bond motifs is 1. The summed E-state index contributed by atoms with van der Waals surface area (Å²) in [5.41, 5.74) is 3.10. The zero-order chi connectivity index (χ0) is 16.1. The molecule has 0 spiro atoms. The number of nitrogens with zero attached hydrogens (tertiary/aromatic N) is 4. The van der Waals surface area contributed by atoms with Crippen LogP contribution in [0.15, 0.2) is 30.5 Å². The molecular weight excluding hydrogens is 288 g/mol. The van der Waals surface area contributed by atoms with Gasteiger partial charge in [-0.15, -0.1) is 0 Å². The average Bonchev–Trinajstić information content (AvgIpc) is 2.59. The summed E-state index contributed by atoms with van der Waals surface area (Å²) in [6.45, 7) is 5.56. The lowest BCUT2D eigenvalue weighted by Crippen LogP contribution is -2.33. The van der Waals surface area contributed by atoms with Gasteiger partial charge >= 0.3 is 0 Å². The highest BCUT2D eigenvalue weighted by Crippen LogP contribution is 2.17. The summed E-state index contributed by atoms with van der Waals surface area (Å²) in [5, 5.41) is 8.77. The number of ether oxygens (including phenoxy) is 1. The standard InChI is InChI=1S/C18H20N4O/c1-14-20-12-16-7-9-22(13-18(16)21-14)8-2-10-23-17-5-3-15(11-19)4-6-17/h3-6,12H,2,7-10,13H2,1H3. The van der Waals surface area contributed by atoms with Gasteiger partial charge < -0.3 is 4.74 Å². The molecule has 0 unspecified atom stereocenters. The Bertz CT molecular complexity index is 706. The van der Waals surface area contributed by atoms with Crippen molar-refractivity contribution in [2.24, 2.45) is 0 Å². The van der Waals surface area contributed by atoms with Crippen molar-refractivity contribution in [3.63, 3.8) is 0 Å². The molecule has 0 saturated heterocycles. The van der Waals surface area contributed by atoms with E-state index in [1.807, 2.05) is 25.3 Å². The van der Waals surface area contributed by atoms with Gasteiger partial charge in [0.25, 0.3) is 0 Å². The van der Waals surface area contributed by atoms with Crippen LogP contribution in [0.25, 0.3) is 0 Å². The zero-order valence-electron chi connectivity index (χ0n) is 13.3. The van der Waals surface area contributed by atoms with Gasteiger partial charge in [0, 0.05) is 25.8 Å². The molecule has 1 aliphatic heterocycles. The lowest BCUT2D eigenvalue weighted by molar-refractivity contribution is 0.218. The van der Waals surface area contributed by atoms with Crippen LogP contribution in [0, 0.1) is 18.3 Å². The maximum absolute atomic E-state index is 8.77. The summed E-state index contributed by atoms with van der Waals surface area (Å²) in [6.07, 6.45) is 3.95. The van der Waals surface area contributed by atoms with Crippen molar-refractivity contribution in [3.8, 4) is 11.8 Å². The van der Waals surface area contributed by atoms with Gasteiger partial charge in [-0.3, -0.25) is 4.90 Å². The molecule has 0 bridgehead atoms. The van der Waals surface area contributed by atoms with Crippen LogP contribution < -0.4 is 4.74 Å². The Morgan fingerprint density at radius 1 is 1.30 bits per heavy atom. The van der Waals surface area contributed by atoms with Crippen LogP contribution in [-0.2, 0) is 13.0 Å². The first-order valence-corrected chi connectivity index (χ1v) is 7.91. The Labute approximate surface area is 136 Å². The monoisotopic (exact) mass is 308 g/mol. The minimum Gasteiger partial charge on any atom is -0.494 e. The van der Waals surface area contributed by atoms with Crippen molar-refractivity contribution in [1.29, 1.82) is 5.26 Å². The second-order valence-electron chi connectivity index (χ2n) is 5.75. The van der Waals surface area contributed by atoms with Crippen LogP contribution in [0.2, 0.25) is 0 Å². The highest BCUT2D eigenvalue weighted by Gasteiger charge is 2.17. The maximum atomic E-state index is 8.77. The fourth-order valence-corrected chi connectivity index (χ4v) is 2.75. The van der Waals surface area contributed by atoms with Gasteiger partial charge in [0.15, 0.2) is 0 Å². The third kappa shape index (κ3) is 4.05. The van der Waals surface area contributed by atoms with Gasteiger partial charge in [-0.2, -0.15) is 5.26 Å². The molecule has 5 heteroatoms. The van der Waals surface area contributed by atoms with Crippen molar-refractivity contribution < 1.29 is 4.74 Å². The molecule has 0 saturated carbocycles. The first-order valence-electron chi connectivity index (χ1n) is 7.91. The van der Waals surface area contributed by atoms with Crippen LogP contribution in [0.1, 0.15) is 29.1 Å². The Hall–Kier alpha value is -2.45. The first-order chi connectivity index (χ1) is 11.2. The van der Waals surface area contributed by atoms with Crippen molar-refractivity contribution in [3.05, 3.63) is 53.1 Å². The average molecular weight is 308 g/mol. The second-order valence-corrected chi connectivity index (χ2v) is 5.75. The van der Waals surface area contributed by atoms with E-state index in [1.54, 1.807) is 12.1 Å². The summed E-state index contributed by atoms with van der Waals surface area (Å²) >= 11 is 0. The largest absolute Gasteiger partial charge is 0.494 e. The number of hydrogen-bond acceptors (Lipinski definition) is 5. The molecule has 0 aliphatic carbocycles. The lowest BCUT2D eigenvalue weighted by Gasteiger charge is -2.27. The normalized spacial score (nSPS) is 14.1. The Morgan fingerprint density at radius 2 is 2.13 bits per heavy atom. The number of hydrogen-bond donors (Lipinski definition) is 0. The quantitative estimate of drug-likeness (QED) is 0.794. The molecule has 3 rings (SSSR count). The van der Waals surface area contributed by atoms with Crippen LogP contribution >= 0.6 is 0 Å². The Balaban J connectivity index is 1.43. The van der Waals surface area contributed by atoms with E-state index in [-0.39, 0.29) is 0 Å². The molecule has 2 heterocycles. The molecule has 1 aliphatic rings. The van der Waals surface area contributed by atoms with Gasteiger partial charge in [-0.1, -0.05) is 0 Å². The van der Waals surface area contributed by atoms with E-state index >= 15 is 0 Å². The summed E-state index contributed by atoms with van der Waals surface area (Å²) in [5.74, 6) is 1.66. The Kier molecular flexibility index (Phi) is 4.84. The molecule has 0 atom stereocenters. The van der Waals surface area contributed by atoms with E-state index in [2.05, 4.69) is 20.9 Å². The summed E-state index contributed by atoms with van der Waals surface area (Å²) in [7, 11) is 0. The fourth-order valence-electron chi connectivity index (χ4n) is 2.75. The minimum absolute atomic E-state index is 0.654. The molecule has 5 nitrogen and oxygen atoms in total. The highest BCUT2D eigenvalue weighted by molar-refractivity contribution is 5.34. The molecule has 0 amide bonds. The predicted molar refractivity (Wildman–Crippen MR) is 87.0 cm³/mol. The second kappa shape index (κ2) is 7.21. The molecule has 2 aromatic rings. The molecule has 0 radical (unpaired) electrons. The van der Waals surface area contributed by atoms with Crippen molar-refractivity contribution in [2.45, 2.75) is 26.3 Å². The van der Waals surface area contributed by atoms with E-state index in [4.69, 9.17) is 10.00 Å². The van der Waals surface area contributed by atoms with Gasteiger partial charge in [0.1, 0.15) is 11.6 Å². The summed E-state index contributed by atoms with van der Waals surface area (Å²) in [4.78, 5) is 11.2. The van der Waals surface area contributed by atoms with Gasteiger partial charge in [-0.05, 0) is 49.6 Å². The molecule has 23 heavy (non-hydrogen) atoms. The minimum atomic E-state index is 0.654. The van der Waals surface area contributed by atoms with Crippen LogP contribution in [0.4, 0.5) is 0 Å². The topological polar surface area (TPSA) is 62.0 Å². The molecule has 1 aromatic carbocycles. The zero-order valence-corrected chi connectivity index (χ0v) is 13.3. The number of aromatic nitrogens is 2. The van der Waals surface area contributed by atoms with Crippen molar-refractivity contribution >= 4 is 0 Å². The molecule has 118 valence electrons. The Morgan fingerprint density at radius 3 is 2.91 bits per heavy atom. The van der Waals surface area contributed by atoms with Crippen LogP contribution in [0.3, 0.4) is 0 Å². The highest BCUT2D eigenvalue weighted by atomic mass is 16.5. The lowest BCUT2D eigenvalue weighted by atomic mass is 10.1. The first kappa shape index (κ1) is 15.4. The molecule has 0 N–H and O–H groups in total. The number of nitriles is 1. The molecule has 1 aromatic heterocycles. The van der Waals surface area contributed by atoms with Crippen LogP contribution in [0.5, 0.6) is 5.75 Å². The smallest absolute Gasteiger partial charge is 0.125 e. The number of benzene rings is 1. The van der Waals surface area contributed by atoms with E-state index in [1.165, 1.54) is 5.56 Å². The van der Waals surface area contributed by atoms with Crippen molar-refractivity contribution in [2.75, 3.05) is 19.7 Å². The van der Waals surface area contributed by atoms with E-state index < -0.39 is 0 Å². The number of rotatable bonds is 5. The third-order valence-electron chi connectivity index (χ3n) is 4.02. The fraction of sp³-hybridized carbons (Fsp3) is 0.389. The van der Waals surface area contributed by atoms with Gasteiger partial charge in [-0.25, -0.2) is 9.97 Å². The van der Waals surface area contributed by atoms with Crippen LogP contribution in [-0.4, -0.2) is 34.6 Å². The number of aryl methyl sites for hydroxylation is 1. The van der Waals surface area contributed by atoms with Gasteiger partial charge in [0.2, 0.25) is 0 Å². The van der Waals surface area contributed by atoms with Gasteiger partial charge in [0.05, 0.1) is 23.9 Å². The molecular formula is C18H20N4O. The predicted octanol–water partition coefficient (Wildman–Crippen LogP) is 2.48. The SMILES string of the molecule is Cc1ncc2c(n1)CN(CCCOc1ccc(C#N)cc1)CC2. The maximum Gasteiger partial charge on any atom is 0.125 e.